The van der Waals surface area contributed by atoms with Crippen molar-refractivity contribution in [3.63, 3.8) is 0 Å². The van der Waals surface area contributed by atoms with Crippen molar-refractivity contribution in [3.05, 3.63) is 29.3 Å². The first-order chi connectivity index (χ1) is 8.10. The molecule has 0 saturated heterocycles. The van der Waals surface area contributed by atoms with Crippen LogP contribution in [0.5, 0.6) is 5.75 Å². The van der Waals surface area contributed by atoms with E-state index in [-0.39, 0.29) is 37.7 Å². The van der Waals surface area contributed by atoms with Crippen molar-refractivity contribution in [1.29, 1.82) is 0 Å². The Balaban J connectivity index is 0.00000289. The minimum atomic E-state index is -0.957. The van der Waals surface area contributed by atoms with Crippen LogP contribution in [0.4, 0.5) is 8.78 Å². The monoisotopic (exact) mass is 281 g/mol. The van der Waals surface area contributed by atoms with Gasteiger partial charge in [0.15, 0.2) is 17.4 Å². The van der Waals surface area contributed by atoms with Crippen molar-refractivity contribution >= 4 is 18.4 Å². The van der Waals surface area contributed by atoms with Gasteiger partial charge in [0.1, 0.15) is 6.61 Å². The molecule has 4 nitrogen and oxygen atoms in total. The van der Waals surface area contributed by atoms with Gasteiger partial charge < -0.3 is 15.2 Å². The molecule has 2 N–H and O–H groups in total. The molecule has 0 aliphatic carbocycles. The van der Waals surface area contributed by atoms with Gasteiger partial charge in [-0.25, -0.2) is 13.6 Å². The third-order valence-corrected chi connectivity index (χ3v) is 1.87. The van der Waals surface area contributed by atoms with Crippen molar-refractivity contribution in [2.45, 2.75) is 6.92 Å². The Morgan fingerprint density at radius 3 is 2.33 bits per heavy atom. The Morgan fingerprint density at radius 1 is 1.33 bits per heavy atom. The molecule has 0 atom stereocenters. The van der Waals surface area contributed by atoms with Gasteiger partial charge in [-0.15, -0.1) is 12.4 Å². The largest absolute Gasteiger partial charge is 0.486 e. The maximum absolute atomic E-state index is 13.4. The smallest absolute Gasteiger partial charge is 0.338 e. The number of nitrogens with two attached hydrogens (primary N) is 1. The lowest BCUT2D eigenvalue weighted by molar-refractivity contribution is 0.0525. The van der Waals surface area contributed by atoms with E-state index in [1.54, 1.807) is 6.92 Å². The second-order valence-corrected chi connectivity index (χ2v) is 3.13. The van der Waals surface area contributed by atoms with E-state index in [0.29, 0.717) is 0 Å². The van der Waals surface area contributed by atoms with Crippen LogP contribution in [0.2, 0.25) is 0 Å². The third kappa shape index (κ3) is 4.12. The highest BCUT2D eigenvalue weighted by atomic mass is 35.5. The molecule has 0 aromatic heterocycles. The summed E-state index contributed by atoms with van der Waals surface area (Å²) in [7, 11) is 0. The maximum atomic E-state index is 13.4. The fourth-order valence-corrected chi connectivity index (χ4v) is 1.19. The number of carbonyl (C=O) groups is 1. The quantitative estimate of drug-likeness (QED) is 0.838. The molecule has 0 amide bonds. The van der Waals surface area contributed by atoms with Gasteiger partial charge in [-0.2, -0.15) is 0 Å². The van der Waals surface area contributed by atoms with Crippen LogP contribution in [0.25, 0.3) is 0 Å². The highest BCUT2D eigenvalue weighted by Gasteiger charge is 2.16. The molecule has 1 rings (SSSR count). The topological polar surface area (TPSA) is 61.5 Å². The number of halogens is 3. The molecule has 0 radical (unpaired) electrons. The normalized spacial score (nSPS) is 9.56. The molecule has 0 aliphatic heterocycles. The van der Waals surface area contributed by atoms with E-state index in [2.05, 4.69) is 4.74 Å². The lowest BCUT2D eigenvalue weighted by Gasteiger charge is -2.08. The number of ether oxygens (including phenoxy) is 2. The first-order valence-corrected chi connectivity index (χ1v) is 5.09. The van der Waals surface area contributed by atoms with E-state index in [1.165, 1.54) is 0 Å². The highest BCUT2D eigenvalue weighted by Crippen LogP contribution is 2.23. The van der Waals surface area contributed by atoms with Crippen molar-refractivity contribution in [1.82, 2.24) is 0 Å². The number of esters is 1. The zero-order valence-corrected chi connectivity index (χ0v) is 10.6. The molecule has 1 aromatic rings. The fraction of sp³-hybridized carbons (Fsp3) is 0.364. The first-order valence-electron chi connectivity index (χ1n) is 5.09. The number of hydrogen-bond acceptors (Lipinski definition) is 4. The molecule has 0 heterocycles. The number of hydrogen-bond donors (Lipinski definition) is 1. The SMILES string of the molecule is CCOC(=O)c1cc(F)c(OCCN)c(F)c1.Cl. The second-order valence-electron chi connectivity index (χ2n) is 3.13. The van der Waals surface area contributed by atoms with Gasteiger partial charge in [0.2, 0.25) is 0 Å². The summed E-state index contributed by atoms with van der Waals surface area (Å²) < 4.78 is 36.3. The lowest BCUT2D eigenvalue weighted by Crippen LogP contribution is -2.13. The molecule has 102 valence electrons. The van der Waals surface area contributed by atoms with Crippen LogP contribution in [-0.2, 0) is 4.74 Å². The van der Waals surface area contributed by atoms with Crippen LogP contribution in [-0.4, -0.2) is 25.7 Å². The van der Waals surface area contributed by atoms with Gasteiger partial charge in [-0.1, -0.05) is 0 Å². The van der Waals surface area contributed by atoms with Gasteiger partial charge >= 0.3 is 5.97 Å². The van der Waals surface area contributed by atoms with Crippen LogP contribution < -0.4 is 10.5 Å². The predicted molar refractivity (Wildman–Crippen MR) is 64.1 cm³/mol. The summed E-state index contributed by atoms with van der Waals surface area (Å²) in [5.74, 6) is -3.23. The van der Waals surface area contributed by atoms with Crippen molar-refractivity contribution in [2.24, 2.45) is 5.73 Å². The highest BCUT2D eigenvalue weighted by molar-refractivity contribution is 5.89. The summed E-state index contributed by atoms with van der Waals surface area (Å²) in [6.07, 6.45) is 0. The second kappa shape index (κ2) is 7.84. The van der Waals surface area contributed by atoms with E-state index in [9.17, 15) is 13.6 Å². The van der Waals surface area contributed by atoms with Crippen LogP contribution in [0.15, 0.2) is 12.1 Å². The van der Waals surface area contributed by atoms with E-state index < -0.39 is 23.4 Å². The standard InChI is InChI=1S/C11H13F2NO3.ClH/c1-2-16-11(15)7-5-8(12)10(9(13)6-7)17-4-3-14;/h5-6H,2-4,14H2,1H3;1H. The molecule has 1 aromatic carbocycles. The summed E-state index contributed by atoms with van der Waals surface area (Å²) in [4.78, 5) is 11.3. The van der Waals surface area contributed by atoms with E-state index in [4.69, 9.17) is 10.5 Å². The summed E-state index contributed by atoms with van der Waals surface area (Å²) >= 11 is 0. The molecular formula is C11H14ClF2NO3. The molecule has 0 aliphatic rings. The van der Waals surface area contributed by atoms with E-state index in [0.717, 1.165) is 12.1 Å². The zero-order valence-electron chi connectivity index (χ0n) is 9.74. The summed E-state index contributed by atoms with van der Waals surface area (Å²) in [5, 5.41) is 0. The molecule has 0 fully saturated rings. The van der Waals surface area contributed by atoms with Crippen molar-refractivity contribution < 1.29 is 23.0 Å². The van der Waals surface area contributed by atoms with Gasteiger partial charge in [0.05, 0.1) is 12.2 Å². The summed E-state index contributed by atoms with van der Waals surface area (Å²) in [5.41, 5.74) is 4.96. The maximum Gasteiger partial charge on any atom is 0.338 e. The molecule has 18 heavy (non-hydrogen) atoms. The predicted octanol–water partition coefficient (Wildman–Crippen LogP) is 1.90. The van der Waals surface area contributed by atoms with E-state index in [1.807, 2.05) is 0 Å². The molecular weight excluding hydrogens is 268 g/mol. The van der Waals surface area contributed by atoms with Crippen molar-refractivity contribution in [3.8, 4) is 5.75 Å². The van der Waals surface area contributed by atoms with Crippen LogP contribution >= 0.6 is 12.4 Å². The van der Waals surface area contributed by atoms with Gasteiger partial charge in [-0.3, -0.25) is 0 Å². The Labute approximate surface area is 109 Å². The fourth-order valence-electron chi connectivity index (χ4n) is 1.19. The Morgan fingerprint density at radius 2 is 1.89 bits per heavy atom. The minimum Gasteiger partial charge on any atom is -0.486 e. The first kappa shape index (κ1) is 16.6. The van der Waals surface area contributed by atoms with Gasteiger partial charge in [-0.05, 0) is 19.1 Å². The van der Waals surface area contributed by atoms with Crippen LogP contribution in [0.3, 0.4) is 0 Å². The van der Waals surface area contributed by atoms with Crippen LogP contribution in [0.1, 0.15) is 17.3 Å². The number of benzene rings is 1. The van der Waals surface area contributed by atoms with E-state index >= 15 is 0 Å². The molecule has 0 spiro atoms. The van der Waals surface area contributed by atoms with Crippen LogP contribution in [0, 0.1) is 11.6 Å². The molecule has 0 saturated carbocycles. The Kier molecular flexibility index (Phi) is 7.23. The minimum absolute atomic E-state index is 0. The summed E-state index contributed by atoms with van der Waals surface area (Å²) in [6, 6.07) is 1.74. The average Bonchev–Trinajstić information content (AvgIpc) is 2.28. The van der Waals surface area contributed by atoms with Gasteiger partial charge in [0.25, 0.3) is 0 Å². The Hall–Kier alpha value is -1.40. The summed E-state index contributed by atoms with van der Waals surface area (Å²) in [6.45, 7) is 1.86. The number of rotatable bonds is 5. The zero-order chi connectivity index (χ0) is 12.8. The Bertz CT molecular complexity index is 392. The molecule has 0 unspecified atom stereocenters. The molecule has 0 bridgehead atoms. The third-order valence-electron chi connectivity index (χ3n) is 1.87. The lowest BCUT2D eigenvalue weighted by atomic mass is 10.2. The van der Waals surface area contributed by atoms with Gasteiger partial charge in [0, 0.05) is 6.54 Å². The number of carbonyl (C=O) groups excluding carboxylic acids is 1. The average molecular weight is 282 g/mol. The molecule has 7 heteroatoms. The van der Waals surface area contributed by atoms with Crippen molar-refractivity contribution in [2.75, 3.05) is 19.8 Å².